The Balaban J connectivity index is 1.63. The van der Waals surface area contributed by atoms with Gasteiger partial charge in [-0.1, -0.05) is 31.2 Å². The van der Waals surface area contributed by atoms with Crippen molar-refractivity contribution in [3.05, 3.63) is 54.1 Å². The topological polar surface area (TPSA) is 57.5 Å². The summed E-state index contributed by atoms with van der Waals surface area (Å²) in [6.45, 7) is 13.6. The Hall–Kier alpha value is -2.34. The summed E-state index contributed by atoms with van der Waals surface area (Å²) in [5.41, 5.74) is 2.48. The number of hydrogen-bond donors (Lipinski definition) is 2. The number of hydrogen-bond acceptors (Lipinski definition) is 3. The summed E-state index contributed by atoms with van der Waals surface area (Å²) in [7, 11) is 0. The van der Waals surface area contributed by atoms with Gasteiger partial charge < -0.3 is 15.2 Å². The molecular weight excluding hydrogens is 348 g/mol. The molecule has 1 aliphatic rings. The fraction of sp³-hybridized carbons (Fsp3) is 0.545. The van der Waals surface area contributed by atoms with E-state index < -0.39 is 0 Å². The molecular formula is C22H34N6. The molecule has 2 aromatic rings. The Labute approximate surface area is 169 Å². The lowest BCUT2D eigenvalue weighted by Gasteiger charge is -2.22. The zero-order valence-electron chi connectivity index (χ0n) is 17.6. The third-order valence-corrected chi connectivity index (χ3v) is 5.37. The molecule has 2 unspecified atom stereocenters. The van der Waals surface area contributed by atoms with Crippen LogP contribution < -0.4 is 10.6 Å². The number of nitrogens with zero attached hydrogens (tertiary/aromatic N) is 4. The molecule has 0 spiro atoms. The van der Waals surface area contributed by atoms with E-state index >= 15 is 0 Å². The average Bonchev–Trinajstić information content (AvgIpc) is 3.30. The molecule has 152 valence electrons. The van der Waals surface area contributed by atoms with Crippen molar-refractivity contribution in [2.45, 2.75) is 52.9 Å². The van der Waals surface area contributed by atoms with E-state index in [2.05, 4.69) is 77.0 Å². The highest BCUT2D eigenvalue weighted by Gasteiger charge is 2.31. The van der Waals surface area contributed by atoms with Crippen LogP contribution in [-0.2, 0) is 13.1 Å². The average molecular weight is 383 g/mol. The van der Waals surface area contributed by atoms with Crippen molar-refractivity contribution < 1.29 is 0 Å². The van der Waals surface area contributed by atoms with Gasteiger partial charge in [0.1, 0.15) is 0 Å². The lowest BCUT2D eigenvalue weighted by Crippen LogP contribution is -2.46. The van der Waals surface area contributed by atoms with Crippen LogP contribution in [-0.4, -0.2) is 52.1 Å². The second kappa shape index (κ2) is 9.73. The van der Waals surface area contributed by atoms with Gasteiger partial charge in [0.25, 0.3) is 0 Å². The van der Waals surface area contributed by atoms with Crippen LogP contribution >= 0.6 is 0 Å². The highest BCUT2D eigenvalue weighted by molar-refractivity contribution is 5.80. The molecule has 1 aliphatic heterocycles. The smallest absolute Gasteiger partial charge is 0.191 e. The molecule has 6 heteroatoms. The van der Waals surface area contributed by atoms with Gasteiger partial charge in [0.05, 0.1) is 12.9 Å². The summed E-state index contributed by atoms with van der Waals surface area (Å²) in [5, 5.41) is 7.06. The minimum atomic E-state index is 0.438. The Morgan fingerprint density at radius 1 is 1.29 bits per heavy atom. The van der Waals surface area contributed by atoms with Gasteiger partial charge in [0.2, 0.25) is 0 Å². The fourth-order valence-electron chi connectivity index (χ4n) is 3.70. The van der Waals surface area contributed by atoms with Crippen molar-refractivity contribution in [2.24, 2.45) is 10.9 Å². The van der Waals surface area contributed by atoms with Gasteiger partial charge in [-0.2, -0.15) is 0 Å². The van der Waals surface area contributed by atoms with Gasteiger partial charge in [0, 0.05) is 50.7 Å². The summed E-state index contributed by atoms with van der Waals surface area (Å²) in [6, 6.07) is 9.66. The third kappa shape index (κ3) is 5.58. The minimum Gasteiger partial charge on any atom is -0.357 e. The summed E-state index contributed by atoms with van der Waals surface area (Å²) >= 11 is 0. The van der Waals surface area contributed by atoms with Crippen molar-refractivity contribution in [2.75, 3.05) is 19.6 Å². The summed E-state index contributed by atoms with van der Waals surface area (Å²) in [6.07, 6.45) is 5.65. The van der Waals surface area contributed by atoms with Gasteiger partial charge in [-0.05, 0) is 37.8 Å². The molecule has 3 rings (SSSR count). The third-order valence-electron chi connectivity index (χ3n) is 5.37. The monoisotopic (exact) mass is 382 g/mol. The quantitative estimate of drug-likeness (QED) is 0.571. The van der Waals surface area contributed by atoms with E-state index in [0.717, 1.165) is 32.1 Å². The highest BCUT2D eigenvalue weighted by atomic mass is 15.3. The van der Waals surface area contributed by atoms with Crippen LogP contribution in [0.5, 0.6) is 0 Å². The first-order valence-corrected chi connectivity index (χ1v) is 10.4. The van der Waals surface area contributed by atoms with E-state index in [1.54, 1.807) is 0 Å². The number of aromatic nitrogens is 2. The molecule has 2 atom stereocenters. The van der Waals surface area contributed by atoms with E-state index in [-0.39, 0.29) is 0 Å². The SMILES string of the molecule is CCNC(=NCc1cccc(Cn2ccnc2)c1)NC1CN(C(C)C)CC1C. The van der Waals surface area contributed by atoms with Gasteiger partial charge in [0.15, 0.2) is 5.96 Å². The van der Waals surface area contributed by atoms with Crippen molar-refractivity contribution in [1.29, 1.82) is 0 Å². The molecule has 0 saturated carbocycles. The van der Waals surface area contributed by atoms with E-state index in [1.807, 2.05) is 18.7 Å². The van der Waals surface area contributed by atoms with Crippen LogP contribution in [0.25, 0.3) is 0 Å². The van der Waals surface area contributed by atoms with Crippen LogP contribution in [0.2, 0.25) is 0 Å². The predicted octanol–water partition coefficient (Wildman–Crippen LogP) is 2.72. The van der Waals surface area contributed by atoms with Gasteiger partial charge in [-0.25, -0.2) is 9.98 Å². The zero-order valence-corrected chi connectivity index (χ0v) is 17.6. The Morgan fingerprint density at radius 2 is 2.11 bits per heavy atom. The molecule has 1 fully saturated rings. The molecule has 1 aromatic heterocycles. The van der Waals surface area contributed by atoms with Crippen LogP contribution in [0.15, 0.2) is 48.0 Å². The Morgan fingerprint density at radius 3 is 2.79 bits per heavy atom. The Kier molecular flexibility index (Phi) is 7.09. The van der Waals surface area contributed by atoms with Gasteiger partial charge in [-0.15, -0.1) is 0 Å². The first-order chi connectivity index (χ1) is 13.5. The van der Waals surface area contributed by atoms with E-state index in [4.69, 9.17) is 4.99 Å². The zero-order chi connectivity index (χ0) is 19.9. The lowest BCUT2D eigenvalue weighted by molar-refractivity contribution is 0.265. The molecule has 1 aromatic carbocycles. The van der Waals surface area contributed by atoms with Gasteiger partial charge in [-0.3, -0.25) is 4.90 Å². The number of rotatable bonds is 7. The lowest BCUT2D eigenvalue weighted by atomic mass is 10.1. The highest BCUT2D eigenvalue weighted by Crippen LogP contribution is 2.18. The number of aliphatic imine (C=N–C) groups is 1. The molecule has 0 amide bonds. The van der Waals surface area contributed by atoms with Crippen LogP contribution in [0.1, 0.15) is 38.8 Å². The van der Waals surface area contributed by atoms with Crippen LogP contribution in [0.3, 0.4) is 0 Å². The normalized spacial score (nSPS) is 20.7. The van der Waals surface area contributed by atoms with E-state index in [1.165, 1.54) is 11.1 Å². The number of benzene rings is 1. The second-order valence-electron chi connectivity index (χ2n) is 8.03. The van der Waals surface area contributed by atoms with Crippen LogP contribution in [0.4, 0.5) is 0 Å². The molecule has 6 nitrogen and oxygen atoms in total. The first kappa shape index (κ1) is 20.4. The molecule has 0 aliphatic carbocycles. The second-order valence-corrected chi connectivity index (χ2v) is 8.03. The molecule has 2 N–H and O–H groups in total. The summed E-state index contributed by atoms with van der Waals surface area (Å²) < 4.78 is 2.08. The molecule has 0 radical (unpaired) electrons. The van der Waals surface area contributed by atoms with E-state index in [9.17, 15) is 0 Å². The van der Waals surface area contributed by atoms with Crippen molar-refractivity contribution in [3.8, 4) is 0 Å². The molecule has 28 heavy (non-hydrogen) atoms. The number of likely N-dealkylation sites (tertiary alicyclic amines) is 1. The summed E-state index contributed by atoms with van der Waals surface area (Å²) in [5.74, 6) is 1.52. The minimum absolute atomic E-state index is 0.438. The fourth-order valence-corrected chi connectivity index (χ4v) is 3.70. The maximum absolute atomic E-state index is 4.85. The number of guanidine groups is 1. The molecule has 1 saturated heterocycles. The van der Waals surface area contributed by atoms with Crippen molar-refractivity contribution in [3.63, 3.8) is 0 Å². The summed E-state index contributed by atoms with van der Waals surface area (Å²) in [4.78, 5) is 11.5. The first-order valence-electron chi connectivity index (χ1n) is 10.4. The van der Waals surface area contributed by atoms with E-state index in [0.29, 0.717) is 24.5 Å². The van der Waals surface area contributed by atoms with Crippen molar-refractivity contribution in [1.82, 2.24) is 25.1 Å². The maximum atomic E-state index is 4.85. The van der Waals surface area contributed by atoms with Gasteiger partial charge >= 0.3 is 0 Å². The Bertz CT molecular complexity index is 752. The number of imidazole rings is 1. The standard InChI is InChI=1S/C22H34N6/c1-5-24-22(26-21-15-28(17(2)3)13-18(21)4)25-12-19-7-6-8-20(11-19)14-27-10-9-23-16-27/h6-11,16-18,21H,5,12-15H2,1-4H3,(H2,24,25,26). The number of nitrogens with one attached hydrogen (secondary N) is 2. The predicted molar refractivity (Wildman–Crippen MR) is 115 cm³/mol. The largest absolute Gasteiger partial charge is 0.357 e. The van der Waals surface area contributed by atoms with Crippen molar-refractivity contribution >= 4 is 5.96 Å². The van der Waals surface area contributed by atoms with Crippen LogP contribution in [0, 0.1) is 5.92 Å². The molecule has 0 bridgehead atoms. The maximum Gasteiger partial charge on any atom is 0.191 e. The molecule has 2 heterocycles.